The van der Waals surface area contributed by atoms with Gasteiger partial charge in [0.1, 0.15) is 0 Å². The molecule has 90 valence electrons. The summed E-state index contributed by atoms with van der Waals surface area (Å²) < 4.78 is 1.78. The van der Waals surface area contributed by atoms with Crippen LogP contribution >= 0.6 is 0 Å². The number of nitrogens with zero attached hydrogens (tertiary/aromatic N) is 4. The molecule has 0 fully saturated rings. The van der Waals surface area contributed by atoms with Gasteiger partial charge in [0.05, 0.1) is 23.6 Å². The van der Waals surface area contributed by atoms with Crippen molar-refractivity contribution in [3.63, 3.8) is 0 Å². The van der Waals surface area contributed by atoms with Crippen LogP contribution in [0.25, 0.3) is 0 Å². The zero-order valence-electron chi connectivity index (χ0n) is 10.4. The summed E-state index contributed by atoms with van der Waals surface area (Å²) in [4.78, 5) is 4.56. The predicted molar refractivity (Wildman–Crippen MR) is 65.5 cm³/mol. The number of hydrogen-bond donors (Lipinski definition) is 1. The van der Waals surface area contributed by atoms with E-state index in [1.165, 1.54) is 0 Å². The molecule has 5 heteroatoms. The van der Waals surface area contributed by atoms with Gasteiger partial charge in [-0.3, -0.25) is 9.67 Å². The fourth-order valence-electron chi connectivity index (χ4n) is 1.85. The lowest BCUT2D eigenvalue weighted by Crippen LogP contribution is -2.25. The molecular weight excluding hydrogens is 214 g/mol. The molecule has 17 heavy (non-hydrogen) atoms. The van der Waals surface area contributed by atoms with Crippen molar-refractivity contribution in [3.05, 3.63) is 41.5 Å². The second kappa shape index (κ2) is 5.05. The Morgan fingerprint density at radius 2 is 2.24 bits per heavy atom. The molecule has 0 aliphatic rings. The second-order valence-electron chi connectivity index (χ2n) is 3.98. The van der Waals surface area contributed by atoms with Gasteiger partial charge in [0.15, 0.2) is 0 Å². The molecule has 2 rings (SSSR count). The van der Waals surface area contributed by atoms with Crippen LogP contribution in [-0.2, 0) is 7.05 Å². The number of nitrogens with one attached hydrogen (secondary N) is 1. The monoisotopic (exact) mass is 231 g/mol. The van der Waals surface area contributed by atoms with Crippen LogP contribution < -0.4 is 5.32 Å². The van der Waals surface area contributed by atoms with E-state index in [4.69, 9.17) is 0 Å². The van der Waals surface area contributed by atoms with Crippen molar-refractivity contribution >= 4 is 0 Å². The van der Waals surface area contributed by atoms with Crippen molar-refractivity contribution in [1.82, 2.24) is 25.3 Å². The van der Waals surface area contributed by atoms with E-state index in [2.05, 4.69) is 27.5 Å². The van der Waals surface area contributed by atoms with Gasteiger partial charge in [-0.15, -0.1) is 5.10 Å². The first-order valence-corrected chi connectivity index (χ1v) is 5.74. The first kappa shape index (κ1) is 11.7. The number of aryl methyl sites for hydroxylation is 2. The first-order valence-electron chi connectivity index (χ1n) is 5.74. The Labute approximate surface area is 101 Å². The van der Waals surface area contributed by atoms with Crippen LogP contribution in [0.4, 0.5) is 0 Å². The topological polar surface area (TPSA) is 55.6 Å². The number of rotatable bonds is 4. The fraction of sp³-hybridized carbons (Fsp3) is 0.417. The quantitative estimate of drug-likeness (QED) is 0.859. The molecule has 0 aromatic carbocycles. The molecule has 1 N–H and O–H groups in total. The smallest absolute Gasteiger partial charge is 0.0938 e. The molecule has 5 nitrogen and oxygen atoms in total. The van der Waals surface area contributed by atoms with Crippen molar-refractivity contribution in [1.29, 1.82) is 0 Å². The summed E-state index contributed by atoms with van der Waals surface area (Å²) >= 11 is 0. The van der Waals surface area contributed by atoms with Crippen LogP contribution in [0.15, 0.2) is 24.4 Å². The Morgan fingerprint density at radius 3 is 2.82 bits per heavy atom. The molecule has 2 aromatic rings. The molecule has 1 atom stereocenters. The lowest BCUT2D eigenvalue weighted by molar-refractivity contribution is 0.557. The highest BCUT2D eigenvalue weighted by Crippen LogP contribution is 2.18. The Kier molecular flexibility index (Phi) is 3.49. The van der Waals surface area contributed by atoms with Crippen LogP contribution in [0.3, 0.4) is 0 Å². The summed E-state index contributed by atoms with van der Waals surface area (Å²) in [5, 5.41) is 11.3. The molecule has 0 aliphatic heterocycles. The maximum atomic E-state index is 4.56. The van der Waals surface area contributed by atoms with Crippen molar-refractivity contribution in [2.24, 2.45) is 7.05 Å². The van der Waals surface area contributed by atoms with Gasteiger partial charge in [0.2, 0.25) is 0 Å². The van der Waals surface area contributed by atoms with E-state index in [1.807, 2.05) is 32.2 Å². The van der Waals surface area contributed by atoms with E-state index < -0.39 is 0 Å². The number of hydrogen-bond acceptors (Lipinski definition) is 4. The maximum Gasteiger partial charge on any atom is 0.0938 e. The van der Waals surface area contributed by atoms with Gasteiger partial charge in [-0.25, -0.2) is 0 Å². The Balaban J connectivity index is 2.39. The summed E-state index contributed by atoms with van der Waals surface area (Å²) in [5.41, 5.74) is 3.03. The molecule has 0 saturated carbocycles. The minimum Gasteiger partial charge on any atom is -0.304 e. The number of aromatic nitrogens is 4. The molecule has 2 aromatic heterocycles. The molecule has 0 radical (unpaired) electrons. The van der Waals surface area contributed by atoms with Gasteiger partial charge in [-0.2, -0.15) is 0 Å². The number of pyridine rings is 1. The summed E-state index contributed by atoms with van der Waals surface area (Å²) in [7, 11) is 1.89. The molecule has 0 bridgehead atoms. The minimum absolute atomic E-state index is 0.0416. The van der Waals surface area contributed by atoms with E-state index in [1.54, 1.807) is 10.9 Å². The van der Waals surface area contributed by atoms with Crippen molar-refractivity contribution in [2.45, 2.75) is 19.9 Å². The Hall–Kier alpha value is -1.75. The Bertz CT molecular complexity index is 491. The lowest BCUT2D eigenvalue weighted by atomic mass is 10.1. The zero-order chi connectivity index (χ0) is 12.3. The highest BCUT2D eigenvalue weighted by atomic mass is 15.4. The van der Waals surface area contributed by atoms with Gasteiger partial charge in [0, 0.05) is 12.7 Å². The van der Waals surface area contributed by atoms with Crippen LogP contribution in [0.2, 0.25) is 0 Å². The third-order valence-corrected chi connectivity index (χ3v) is 2.66. The van der Waals surface area contributed by atoms with Gasteiger partial charge in [-0.1, -0.05) is 18.2 Å². The molecule has 2 heterocycles. The van der Waals surface area contributed by atoms with E-state index in [0.29, 0.717) is 0 Å². The van der Waals surface area contributed by atoms with Gasteiger partial charge >= 0.3 is 0 Å². The van der Waals surface area contributed by atoms with Crippen molar-refractivity contribution < 1.29 is 0 Å². The van der Waals surface area contributed by atoms with E-state index in [9.17, 15) is 0 Å². The average molecular weight is 231 g/mol. The average Bonchev–Trinajstić information content (AvgIpc) is 2.72. The van der Waals surface area contributed by atoms with Crippen LogP contribution in [-0.4, -0.2) is 26.5 Å². The van der Waals surface area contributed by atoms with E-state index in [-0.39, 0.29) is 6.04 Å². The van der Waals surface area contributed by atoms with Crippen LogP contribution in [0.1, 0.15) is 30.0 Å². The fourth-order valence-corrected chi connectivity index (χ4v) is 1.85. The zero-order valence-corrected chi connectivity index (χ0v) is 10.4. The van der Waals surface area contributed by atoms with Gasteiger partial charge in [0.25, 0.3) is 0 Å². The van der Waals surface area contributed by atoms with Gasteiger partial charge in [-0.05, 0) is 25.6 Å². The molecular formula is C12H17N5. The van der Waals surface area contributed by atoms with Crippen molar-refractivity contribution in [3.8, 4) is 0 Å². The van der Waals surface area contributed by atoms with E-state index >= 15 is 0 Å². The highest BCUT2D eigenvalue weighted by Gasteiger charge is 2.18. The van der Waals surface area contributed by atoms with Crippen LogP contribution in [0.5, 0.6) is 0 Å². The lowest BCUT2D eigenvalue weighted by Gasteiger charge is -2.17. The molecule has 0 amide bonds. The first-order chi connectivity index (χ1) is 8.22. The van der Waals surface area contributed by atoms with Crippen LogP contribution in [0, 0.1) is 6.92 Å². The molecule has 0 saturated heterocycles. The summed E-state index contributed by atoms with van der Waals surface area (Å²) in [6.45, 7) is 4.94. The third kappa shape index (κ3) is 2.50. The molecule has 0 aliphatic carbocycles. The second-order valence-corrected chi connectivity index (χ2v) is 3.98. The van der Waals surface area contributed by atoms with E-state index in [0.717, 1.165) is 23.6 Å². The highest BCUT2D eigenvalue weighted by molar-refractivity contribution is 5.21. The minimum atomic E-state index is 0.0416. The Morgan fingerprint density at radius 1 is 1.41 bits per heavy atom. The summed E-state index contributed by atoms with van der Waals surface area (Å²) in [6, 6.07) is 6.08. The standard InChI is InChI=1S/C12H17N5/c1-4-13-12(11-8-14-16-17(11)3)10-7-5-6-9(2)15-10/h5-8,12-13H,4H2,1-3H3. The summed E-state index contributed by atoms with van der Waals surface area (Å²) in [5.74, 6) is 0. The SMILES string of the molecule is CCNC(c1cccc(C)n1)c1cnnn1C. The molecule has 0 spiro atoms. The third-order valence-electron chi connectivity index (χ3n) is 2.66. The predicted octanol–water partition coefficient (Wildman–Crippen LogP) is 1.22. The molecule has 1 unspecified atom stereocenters. The van der Waals surface area contributed by atoms with Crippen molar-refractivity contribution in [2.75, 3.05) is 6.54 Å². The maximum absolute atomic E-state index is 4.56. The van der Waals surface area contributed by atoms with Gasteiger partial charge < -0.3 is 5.32 Å². The normalized spacial score (nSPS) is 12.6. The largest absolute Gasteiger partial charge is 0.304 e. The summed E-state index contributed by atoms with van der Waals surface area (Å²) in [6.07, 6.45) is 1.78.